The minimum atomic E-state index is -0.479. The quantitative estimate of drug-likeness (QED) is 0.689. The number of methoxy groups -OCH3 is 3. The molecule has 0 aromatic heterocycles. The smallest absolute Gasteiger partial charge is 0.228 e. The van der Waals surface area contributed by atoms with E-state index in [4.69, 9.17) is 25.8 Å². The molecule has 5 nitrogen and oxygen atoms in total. The second-order valence-electron chi connectivity index (χ2n) is 6.14. The first-order chi connectivity index (χ1) is 13.5. The Kier molecular flexibility index (Phi) is 6.57. The predicted molar refractivity (Wildman–Crippen MR) is 108 cm³/mol. The summed E-state index contributed by atoms with van der Waals surface area (Å²) in [5, 5.41) is -0.0201. The third-order valence-electron chi connectivity index (χ3n) is 4.60. The van der Waals surface area contributed by atoms with Gasteiger partial charge in [0.05, 0.1) is 27.8 Å². The fourth-order valence-corrected chi connectivity index (χ4v) is 4.70. The van der Waals surface area contributed by atoms with Gasteiger partial charge in [0.1, 0.15) is 16.9 Å². The van der Waals surface area contributed by atoms with Crippen molar-refractivity contribution >= 4 is 29.3 Å². The third kappa shape index (κ3) is 4.00. The van der Waals surface area contributed by atoms with Crippen molar-refractivity contribution in [3.05, 3.63) is 52.3 Å². The van der Waals surface area contributed by atoms with E-state index >= 15 is 0 Å². The number of benzene rings is 2. The minimum absolute atomic E-state index is 0.0990. The number of amides is 1. The lowest BCUT2D eigenvalue weighted by molar-refractivity contribution is -0.130. The van der Waals surface area contributed by atoms with Crippen molar-refractivity contribution in [2.75, 3.05) is 33.6 Å². The molecule has 2 aromatic carbocycles. The van der Waals surface area contributed by atoms with Gasteiger partial charge in [-0.05, 0) is 18.2 Å². The van der Waals surface area contributed by atoms with E-state index in [1.54, 1.807) is 50.1 Å². The maximum Gasteiger partial charge on any atom is 0.228 e. The molecule has 0 bridgehead atoms. The molecule has 1 fully saturated rings. The molecule has 1 atom stereocenters. The predicted octanol–water partition coefficient (Wildman–Crippen LogP) is 4.32. The highest BCUT2D eigenvalue weighted by molar-refractivity contribution is 7.99. The average molecular weight is 426 g/mol. The molecule has 8 heteroatoms. The molecule has 1 saturated heterocycles. The van der Waals surface area contributed by atoms with Crippen LogP contribution in [-0.4, -0.2) is 44.4 Å². The van der Waals surface area contributed by atoms with Crippen molar-refractivity contribution in [3.8, 4) is 17.2 Å². The molecule has 1 unspecified atom stereocenters. The van der Waals surface area contributed by atoms with Crippen LogP contribution in [0.2, 0.25) is 5.02 Å². The van der Waals surface area contributed by atoms with Crippen molar-refractivity contribution in [1.29, 1.82) is 0 Å². The van der Waals surface area contributed by atoms with E-state index in [1.165, 1.54) is 12.1 Å². The van der Waals surface area contributed by atoms with Crippen LogP contribution < -0.4 is 14.2 Å². The molecule has 150 valence electrons. The van der Waals surface area contributed by atoms with Gasteiger partial charge >= 0.3 is 0 Å². The summed E-state index contributed by atoms with van der Waals surface area (Å²) in [6.07, 6.45) is -0.0990. The highest BCUT2D eigenvalue weighted by atomic mass is 35.5. The first kappa shape index (κ1) is 20.6. The number of carbonyl (C=O) groups is 1. The van der Waals surface area contributed by atoms with Gasteiger partial charge in [0.25, 0.3) is 0 Å². The van der Waals surface area contributed by atoms with Crippen LogP contribution in [0.4, 0.5) is 4.39 Å². The van der Waals surface area contributed by atoms with Crippen LogP contribution in [0.25, 0.3) is 0 Å². The van der Waals surface area contributed by atoms with Crippen LogP contribution in [0.3, 0.4) is 0 Å². The summed E-state index contributed by atoms with van der Waals surface area (Å²) in [4.78, 5) is 14.7. The van der Waals surface area contributed by atoms with Gasteiger partial charge in [-0.1, -0.05) is 17.7 Å². The van der Waals surface area contributed by atoms with E-state index in [9.17, 15) is 9.18 Å². The lowest BCUT2D eigenvalue weighted by Crippen LogP contribution is -2.32. The second-order valence-corrected chi connectivity index (χ2v) is 7.73. The Bertz CT molecular complexity index is 859. The Balaban J connectivity index is 1.91. The first-order valence-electron chi connectivity index (χ1n) is 8.64. The van der Waals surface area contributed by atoms with E-state index in [1.807, 2.05) is 6.07 Å². The number of hydrogen-bond donors (Lipinski definition) is 0. The van der Waals surface area contributed by atoms with Gasteiger partial charge in [-0.25, -0.2) is 4.39 Å². The fraction of sp³-hybridized carbons (Fsp3) is 0.350. The maximum absolute atomic E-state index is 14.1. The Morgan fingerprint density at radius 1 is 1.18 bits per heavy atom. The topological polar surface area (TPSA) is 48.0 Å². The van der Waals surface area contributed by atoms with E-state index in [0.29, 0.717) is 23.8 Å². The monoisotopic (exact) mass is 425 g/mol. The summed E-state index contributed by atoms with van der Waals surface area (Å²) in [6.45, 7) is 0.553. The Hall–Kier alpha value is -2.12. The van der Waals surface area contributed by atoms with Crippen LogP contribution in [0.15, 0.2) is 30.3 Å². The van der Waals surface area contributed by atoms with Crippen LogP contribution in [0.5, 0.6) is 17.2 Å². The van der Waals surface area contributed by atoms with Crippen LogP contribution in [0, 0.1) is 5.82 Å². The molecule has 1 aliphatic heterocycles. The standard InChI is InChI=1S/C20H21ClFNO4S/c1-25-16-11-18(27-3)17(26-2)9-13(16)20-23(7-8-28-20)19(24)10-12-14(21)5-4-6-15(12)22/h4-6,9,11,20H,7-8,10H2,1-3H3. The molecule has 3 rings (SSSR count). The molecule has 28 heavy (non-hydrogen) atoms. The van der Waals surface area contributed by atoms with E-state index in [2.05, 4.69) is 0 Å². The number of rotatable bonds is 6. The molecule has 0 radical (unpaired) electrons. The van der Waals surface area contributed by atoms with Gasteiger partial charge in [-0.15, -0.1) is 11.8 Å². The molecule has 1 aliphatic rings. The second kappa shape index (κ2) is 8.92. The number of hydrogen-bond acceptors (Lipinski definition) is 5. The molecule has 2 aromatic rings. The van der Waals surface area contributed by atoms with E-state index < -0.39 is 5.82 Å². The number of thioether (sulfide) groups is 1. The normalized spacial score (nSPS) is 16.2. The zero-order valence-electron chi connectivity index (χ0n) is 15.8. The molecule has 0 saturated carbocycles. The highest BCUT2D eigenvalue weighted by Gasteiger charge is 2.34. The van der Waals surface area contributed by atoms with Crippen molar-refractivity contribution in [1.82, 2.24) is 4.90 Å². The third-order valence-corrected chi connectivity index (χ3v) is 6.20. The Labute approximate surface area is 172 Å². The lowest BCUT2D eigenvalue weighted by Gasteiger charge is -2.26. The van der Waals surface area contributed by atoms with Crippen LogP contribution in [0.1, 0.15) is 16.5 Å². The molecule has 0 spiro atoms. The SMILES string of the molecule is COc1cc(OC)c(C2SCCN2C(=O)Cc2c(F)cccc2Cl)cc1OC. The Morgan fingerprint density at radius 2 is 1.86 bits per heavy atom. The van der Waals surface area contributed by atoms with Gasteiger partial charge in [0.2, 0.25) is 5.91 Å². The van der Waals surface area contributed by atoms with E-state index in [0.717, 1.165) is 11.3 Å². The molecule has 1 amide bonds. The number of ether oxygens (including phenoxy) is 3. The number of carbonyl (C=O) groups excluding carboxylic acids is 1. The maximum atomic E-state index is 14.1. The van der Waals surface area contributed by atoms with Gasteiger partial charge in [-0.3, -0.25) is 4.79 Å². The van der Waals surface area contributed by atoms with Gasteiger partial charge in [-0.2, -0.15) is 0 Å². The minimum Gasteiger partial charge on any atom is -0.496 e. The van der Waals surface area contributed by atoms with Gasteiger partial charge in [0.15, 0.2) is 11.5 Å². The average Bonchev–Trinajstić information content (AvgIpc) is 3.19. The highest BCUT2D eigenvalue weighted by Crippen LogP contribution is 2.46. The number of halogens is 2. The molecular weight excluding hydrogens is 405 g/mol. The molecule has 0 aliphatic carbocycles. The van der Waals surface area contributed by atoms with Crippen molar-refractivity contribution in [3.63, 3.8) is 0 Å². The van der Waals surface area contributed by atoms with E-state index in [-0.39, 0.29) is 28.3 Å². The zero-order valence-corrected chi connectivity index (χ0v) is 17.4. The molecule has 0 N–H and O–H groups in total. The van der Waals surface area contributed by atoms with Crippen molar-refractivity contribution in [2.45, 2.75) is 11.8 Å². The van der Waals surface area contributed by atoms with Gasteiger partial charge in [0, 0.05) is 34.5 Å². The summed E-state index contributed by atoms with van der Waals surface area (Å²) < 4.78 is 30.4. The molecule has 1 heterocycles. The Morgan fingerprint density at radius 3 is 2.50 bits per heavy atom. The summed E-state index contributed by atoms with van der Waals surface area (Å²) in [7, 11) is 4.67. The van der Waals surface area contributed by atoms with Crippen molar-refractivity contribution in [2.24, 2.45) is 0 Å². The lowest BCUT2D eigenvalue weighted by atomic mass is 10.1. The summed E-state index contributed by atoms with van der Waals surface area (Å²) >= 11 is 7.70. The van der Waals surface area contributed by atoms with Gasteiger partial charge < -0.3 is 19.1 Å². The van der Waals surface area contributed by atoms with Crippen LogP contribution in [-0.2, 0) is 11.2 Å². The van der Waals surface area contributed by atoms with Crippen LogP contribution >= 0.6 is 23.4 Å². The largest absolute Gasteiger partial charge is 0.496 e. The summed E-state index contributed by atoms with van der Waals surface area (Å²) in [5.41, 5.74) is 1.01. The number of nitrogens with zero attached hydrogens (tertiary/aromatic N) is 1. The van der Waals surface area contributed by atoms with Crippen molar-refractivity contribution < 1.29 is 23.4 Å². The first-order valence-corrected chi connectivity index (χ1v) is 10.1. The summed E-state index contributed by atoms with van der Waals surface area (Å²) in [6, 6.07) is 7.97. The molecular formula is C20H21ClFNO4S. The summed E-state index contributed by atoms with van der Waals surface area (Å²) in [5.74, 6) is 1.78. The zero-order chi connectivity index (χ0) is 20.3. The fourth-order valence-electron chi connectivity index (χ4n) is 3.18.